The highest BCUT2D eigenvalue weighted by Crippen LogP contribution is 2.42. The number of likely N-dealkylation sites (tertiary alicyclic amines) is 1. The Balaban J connectivity index is 2.32. The molecule has 2 rings (SSSR count). The molecule has 114 valence electrons. The Bertz CT molecular complexity index is 605. The summed E-state index contributed by atoms with van der Waals surface area (Å²) in [5, 5.41) is 19.3. The fourth-order valence-corrected chi connectivity index (χ4v) is 3.15. The molecule has 0 aliphatic carbocycles. The van der Waals surface area contributed by atoms with Crippen molar-refractivity contribution < 1.29 is 24.5 Å². The lowest BCUT2D eigenvalue weighted by Crippen LogP contribution is -2.38. The molecule has 1 aromatic carbocycles. The van der Waals surface area contributed by atoms with E-state index in [0.717, 1.165) is 0 Å². The van der Waals surface area contributed by atoms with Gasteiger partial charge in [-0.2, -0.15) is 0 Å². The number of esters is 1. The van der Waals surface area contributed by atoms with Gasteiger partial charge in [0.1, 0.15) is 6.04 Å². The third-order valence-electron chi connectivity index (χ3n) is 3.38. The summed E-state index contributed by atoms with van der Waals surface area (Å²) in [6.45, 7) is 0.131. The quantitative estimate of drug-likeness (QED) is 0.576. The Hall–Kier alpha value is -1.28. The number of hydrogen-bond donors (Lipinski definition) is 2. The second kappa shape index (κ2) is 6.23. The second-order valence-corrected chi connectivity index (χ2v) is 6.22. The largest absolute Gasteiger partial charge is 0.504 e. The van der Waals surface area contributed by atoms with Gasteiger partial charge >= 0.3 is 5.97 Å². The van der Waals surface area contributed by atoms with Crippen molar-refractivity contribution >= 4 is 43.7 Å². The molecule has 1 heterocycles. The molecule has 21 heavy (non-hydrogen) atoms. The van der Waals surface area contributed by atoms with Crippen LogP contribution in [0.25, 0.3) is 0 Å². The molecule has 0 saturated carbocycles. The van der Waals surface area contributed by atoms with Crippen molar-refractivity contribution in [2.75, 3.05) is 7.11 Å². The fraction of sp³-hybridized carbons (Fsp3) is 0.385. The topological polar surface area (TPSA) is 87.1 Å². The Kier molecular flexibility index (Phi) is 4.77. The lowest BCUT2D eigenvalue weighted by atomic mass is 10.1. The number of amides is 1. The van der Waals surface area contributed by atoms with E-state index in [0.29, 0.717) is 20.9 Å². The van der Waals surface area contributed by atoms with Gasteiger partial charge in [0.05, 0.1) is 11.6 Å². The first-order valence-corrected chi connectivity index (χ1v) is 7.71. The minimum atomic E-state index is -0.621. The maximum Gasteiger partial charge on any atom is 0.328 e. The Morgan fingerprint density at radius 3 is 2.71 bits per heavy atom. The minimum Gasteiger partial charge on any atom is -0.504 e. The number of phenolic OH excluding ortho intramolecular Hbond substituents is 2. The molecule has 0 bridgehead atoms. The van der Waals surface area contributed by atoms with Crippen LogP contribution in [0, 0.1) is 0 Å². The van der Waals surface area contributed by atoms with Gasteiger partial charge in [-0.05, 0) is 49.9 Å². The molecule has 1 aromatic rings. The molecule has 8 heteroatoms. The highest BCUT2D eigenvalue weighted by molar-refractivity contribution is 9.13. The molecule has 0 spiro atoms. The number of nitrogens with zero attached hydrogens (tertiary/aromatic N) is 1. The molecular formula is C13H13Br2NO5. The van der Waals surface area contributed by atoms with E-state index >= 15 is 0 Å². The van der Waals surface area contributed by atoms with Crippen LogP contribution in [0.4, 0.5) is 0 Å². The van der Waals surface area contributed by atoms with Crippen molar-refractivity contribution in [1.82, 2.24) is 4.90 Å². The van der Waals surface area contributed by atoms with E-state index < -0.39 is 12.0 Å². The fourth-order valence-electron chi connectivity index (χ4n) is 2.27. The summed E-state index contributed by atoms with van der Waals surface area (Å²) in [4.78, 5) is 25.1. The van der Waals surface area contributed by atoms with Gasteiger partial charge in [-0.15, -0.1) is 0 Å². The number of ether oxygens (including phenoxy) is 1. The summed E-state index contributed by atoms with van der Waals surface area (Å²) < 4.78 is 5.51. The van der Waals surface area contributed by atoms with Crippen molar-refractivity contribution in [1.29, 1.82) is 0 Å². The molecule has 1 fully saturated rings. The smallest absolute Gasteiger partial charge is 0.328 e. The van der Waals surface area contributed by atoms with Gasteiger partial charge in [-0.1, -0.05) is 0 Å². The molecule has 6 nitrogen and oxygen atoms in total. The third-order valence-corrected chi connectivity index (χ3v) is 5.59. The minimum absolute atomic E-state index is 0.131. The maximum atomic E-state index is 11.9. The van der Waals surface area contributed by atoms with Crippen LogP contribution >= 0.6 is 31.9 Å². The average molecular weight is 423 g/mol. The SMILES string of the molecule is COC(=O)C1CCC(=O)N1Cc1cc(O)c(O)c(Br)c1Br. The maximum absolute atomic E-state index is 11.9. The lowest BCUT2D eigenvalue weighted by Gasteiger charge is -2.24. The van der Waals surface area contributed by atoms with Gasteiger partial charge in [-0.25, -0.2) is 4.79 Å². The molecule has 1 amide bonds. The summed E-state index contributed by atoms with van der Waals surface area (Å²) >= 11 is 6.45. The van der Waals surface area contributed by atoms with Gasteiger partial charge < -0.3 is 19.8 Å². The third kappa shape index (κ3) is 3.01. The molecule has 1 atom stereocenters. The van der Waals surface area contributed by atoms with Gasteiger partial charge in [0, 0.05) is 17.4 Å². The second-order valence-electron chi connectivity index (χ2n) is 4.63. The van der Waals surface area contributed by atoms with E-state index in [1.165, 1.54) is 18.1 Å². The van der Waals surface area contributed by atoms with E-state index in [4.69, 9.17) is 4.74 Å². The first kappa shape index (κ1) is 16.1. The van der Waals surface area contributed by atoms with Crippen LogP contribution in [-0.2, 0) is 20.9 Å². The molecule has 1 saturated heterocycles. The van der Waals surface area contributed by atoms with Crippen molar-refractivity contribution in [3.05, 3.63) is 20.6 Å². The number of carbonyl (C=O) groups excluding carboxylic acids is 2. The number of methoxy groups -OCH3 is 1. The number of aromatic hydroxyl groups is 2. The zero-order chi connectivity index (χ0) is 15.7. The van der Waals surface area contributed by atoms with Crippen LogP contribution in [0.3, 0.4) is 0 Å². The van der Waals surface area contributed by atoms with Crippen molar-refractivity contribution in [2.24, 2.45) is 0 Å². The van der Waals surface area contributed by atoms with Gasteiger partial charge in [0.15, 0.2) is 11.5 Å². The highest BCUT2D eigenvalue weighted by atomic mass is 79.9. The summed E-state index contributed by atoms with van der Waals surface area (Å²) in [5.41, 5.74) is 0.571. The van der Waals surface area contributed by atoms with Crippen LogP contribution in [0.15, 0.2) is 15.0 Å². The van der Waals surface area contributed by atoms with Crippen LogP contribution in [0.5, 0.6) is 11.5 Å². The summed E-state index contributed by atoms with van der Waals surface area (Å²) in [6, 6.07) is 0.730. The van der Waals surface area contributed by atoms with E-state index in [2.05, 4.69) is 31.9 Å². The first-order valence-electron chi connectivity index (χ1n) is 6.13. The van der Waals surface area contributed by atoms with Crippen molar-refractivity contribution in [2.45, 2.75) is 25.4 Å². The zero-order valence-electron chi connectivity index (χ0n) is 11.1. The molecule has 0 aromatic heterocycles. The molecule has 0 radical (unpaired) electrons. The van der Waals surface area contributed by atoms with Crippen LogP contribution in [0.2, 0.25) is 0 Å². The molecule has 1 aliphatic rings. The van der Waals surface area contributed by atoms with E-state index in [1.54, 1.807) is 0 Å². The Labute approximate surface area is 138 Å². The van der Waals surface area contributed by atoms with Crippen molar-refractivity contribution in [3.63, 3.8) is 0 Å². The van der Waals surface area contributed by atoms with Crippen LogP contribution < -0.4 is 0 Å². The number of benzene rings is 1. The molecule has 1 aliphatic heterocycles. The number of carbonyl (C=O) groups is 2. The number of rotatable bonds is 3. The van der Waals surface area contributed by atoms with Crippen LogP contribution in [-0.4, -0.2) is 40.1 Å². The summed E-state index contributed by atoms with van der Waals surface area (Å²) in [7, 11) is 1.28. The lowest BCUT2D eigenvalue weighted by molar-refractivity contribution is -0.149. The highest BCUT2D eigenvalue weighted by Gasteiger charge is 2.37. The monoisotopic (exact) mass is 421 g/mol. The van der Waals surface area contributed by atoms with Gasteiger partial charge in [-0.3, -0.25) is 4.79 Å². The predicted molar refractivity (Wildman–Crippen MR) is 80.8 cm³/mol. The zero-order valence-corrected chi connectivity index (χ0v) is 14.3. The van der Waals surface area contributed by atoms with Crippen molar-refractivity contribution in [3.8, 4) is 11.5 Å². The number of hydrogen-bond acceptors (Lipinski definition) is 5. The van der Waals surface area contributed by atoms with E-state index in [9.17, 15) is 19.8 Å². The summed E-state index contributed by atoms with van der Waals surface area (Å²) in [5.74, 6) is -1.20. The Morgan fingerprint density at radius 2 is 2.10 bits per heavy atom. The van der Waals surface area contributed by atoms with E-state index in [-0.39, 0.29) is 30.4 Å². The first-order chi connectivity index (χ1) is 9.86. The predicted octanol–water partition coefficient (Wildman–Crippen LogP) is 2.29. The standard InChI is InChI=1S/C13H13Br2NO5/c1-21-13(20)7-2-3-9(18)16(7)5-6-4-8(17)12(19)11(15)10(6)14/h4,7,17,19H,2-3,5H2,1H3. The number of phenols is 2. The van der Waals surface area contributed by atoms with Gasteiger partial charge in [0.25, 0.3) is 0 Å². The molecule has 1 unspecified atom stereocenters. The molecule has 2 N–H and O–H groups in total. The Morgan fingerprint density at radius 1 is 1.43 bits per heavy atom. The van der Waals surface area contributed by atoms with Crippen LogP contribution in [0.1, 0.15) is 18.4 Å². The average Bonchev–Trinajstić information content (AvgIpc) is 2.83. The number of halogens is 2. The van der Waals surface area contributed by atoms with Gasteiger partial charge in [0.2, 0.25) is 5.91 Å². The molecular weight excluding hydrogens is 410 g/mol. The van der Waals surface area contributed by atoms with E-state index in [1.807, 2.05) is 0 Å². The summed E-state index contributed by atoms with van der Waals surface area (Å²) in [6.07, 6.45) is 0.691. The normalized spacial score (nSPS) is 18.1.